The largest absolute Gasteiger partial charge is 0.480 e. The molecule has 6 nitrogen and oxygen atoms in total. The van der Waals surface area contributed by atoms with E-state index >= 15 is 0 Å². The summed E-state index contributed by atoms with van der Waals surface area (Å²) in [7, 11) is 0. The molecule has 0 unspecified atom stereocenters. The number of aliphatic carboxylic acids is 1. The quantitative estimate of drug-likeness (QED) is 0.467. The van der Waals surface area contributed by atoms with Gasteiger partial charge in [0.15, 0.2) is 0 Å². The Balaban J connectivity index is 1.70. The van der Waals surface area contributed by atoms with Crippen molar-refractivity contribution in [1.29, 1.82) is 0 Å². The predicted octanol–water partition coefficient (Wildman–Crippen LogP) is 4.15. The van der Waals surface area contributed by atoms with Crippen molar-refractivity contribution >= 4 is 44.2 Å². The van der Waals surface area contributed by atoms with E-state index in [0.717, 1.165) is 31.6 Å². The maximum atomic E-state index is 11.9. The molecule has 27 heavy (non-hydrogen) atoms. The molecule has 3 N–H and O–H groups in total. The normalized spacial score (nSPS) is 12.5. The zero-order chi connectivity index (χ0) is 19.0. The van der Waals surface area contributed by atoms with Crippen molar-refractivity contribution in [3.8, 4) is 0 Å². The van der Waals surface area contributed by atoms with Crippen molar-refractivity contribution in [2.24, 2.45) is 0 Å². The number of carbonyl (C=O) groups is 1. The lowest BCUT2D eigenvalue weighted by Gasteiger charge is -2.16. The molecule has 0 fully saturated rings. The molecule has 0 bridgehead atoms. The lowest BCUT2D eigenvalue weighted by molar-refractivity contribution is -0.137. The number of nitrogens with zero attached hydrogens (tertiary/aromatic N) is 2. The minimum Gasteiger partial charge on any atom is -0.480 e. The van der Waals surface area contributed by atoms with Gasteiger partial charge in [0.25, 0.3) is 0 Å². The number of hydrogen-bond acceptors (Lipinski definition) is 5. The van der Waals surface area contributed by atoms with Gasteiger partial charge < -0.3 is 15.4 Å². The van der Waals surface area contributed by atoms with Crippen LogP contribution in [0.1, 0.15) is 23.2 Å². The second-order valence-corrected chi connectivity index (χ2v) is 7.75. The van der Waals surface area contributed by atoms with E-state index in [1.54, 1.807) is 11.3 Å². The van der Waals surface area contributed by atoms with Gasteiger partial charge in [-0.2, -0.15) is 0 Å². The number of benzene rings is 1. The number of para-hydroxylation sites is 1. The van der Waals surface area contributed by atoms with Crippen LogP contribution in [0.2, 0.25) is 0 Å². The Morgan fingerprint density at radius 3 is 2.89 bits per heavy atom. The van der Waals surface area contributed by atoms with Crippen LogP contribution in [0.3, 0.4) is 0 Å². The van der Waals surface area contributed by atoms with E-state index < -0.39 is 12.0 Å². The molecule has 1 atom stereocenters. The summed E-state index contributed by atoms with van der Waals surface area (Å²) in [5, 5.41) is 14.9. The molecular formula is C20H20N4O2S. The second kappa shape index (κ2) is 7.00. The fourth-order valence-electron chi connectivity index (χ4n) is 3.24. The van der Waals surface area contributed by atoms with E-state index in [1.807, 2.05) is 50.4 Å². The van der Waals surface area contributed by atoms with Crippen LogP contribution in [0.5, 0.6) is 0 Å². The van der Waals surface area contributed by atoms with Crippen LogP contribution in [0.4, 0.5) is 5.82 Å². The third-order valence-electron chi connectivity index (χ3n) is 4.59. The summed E-state index contributed by atoms with van der Waals surface area (Å²) in [4.78, 5) is 26.3. The highest BCUT2D eigenvalue weighted by atomic mass is 32.1. The Bertz CT molecular complexity index is 1130. The molecule has 0 radical (unpaired) electrons. The number of fused-ring (bicyclic) bond motifs is 2. The molecular weight excluding hydrogens is 360 g/mol. The first-order valence-corrected chi connectivity index (χ1v) is 9.68. The van der Waals surface area contributed by atoms with Crippen molar-refractivity contribution in [2.45, 2.75) is 32.7 Å². The summed E-state index contributed by atoms with van der Waals surface area (Å²) < 4.78 is 0. The van der Waals surface area contributed by atoms with Gasteiger partial charge in [-0.05, 0) is 24.6 Å². The van der Waals surface area contributed by atoms with Crippen LogP contribution in [-0.2, 0) is 17.6 Å². The standard InChI is InChI=1S/C20H20N4O2S/c1-3-17-23-18(14-8-11(2)27-19(14)24-17)22-16(20(25)26)9-12-10-21-15-7-5-4-6-13(12)15/h4-8,10,16,21H,3,9H2,1-2H3,(H,25,26)(H,22,23,24)/t16-/m0/s1. The van der Waals surface area contributed by atoms with E-state index in [2.05, 4.69) is 20.3 Å². The lowest BCUT2D eigenvalue weighted by atomic mass is 10.0. The van der Waals surface area contributed by atoms with E-state index in [9.17, 15) is 9.90 Å². The average Bonchev–Trinajstić information content (AvgIpc) is 3.23. The molecule has 138 valence electrons. The molecule has 4 aromatic rings. The van der Waals surface area contributed by atoms with Crippen molar-refractivity contribution in [2.75, 3.05) is 5.32 Å². The van der Waals surface area contributed by atoms with Crippen molar-refractivity contribution in [3.05, 3.63) is 52.8 Å². The van der Waals surface area contributed by atoms with E-state index in [0.29, 0.717) is 24.5 Å². The number of H-pyrrole nitrogens is 1. The Kier molecular flexibility index (Phi) is 4.53. The highest BCUT2D eigenvalue weighted by molar-refractivity contribution is 7.18. The van der Waals surface area contributed by atoms with E-state index in [4.69, 9.17) is 0 Å². The van der Waals surface area contributed by atoms with Gasteiger partial charge in [0.2, 0.25) is 0 Å². The zero-order valence-electron chi connectivity index (χ0n) is 15.1. The molecule has 0 aliphatic carbocycles. The fraction of sp³-hybridized carbons (Fsp3) is 0.250. The summed E-state index contributed by atoms with van der Waals surface area (Å²) in [5.74, 6) is 0.397. The number of thiophene rings is 1. The molecule has 0 saturated heterocycles. The molecule has 0 amide bonds. The lowest BCUT2D eigenvalue weighted by Crippen LogP contribution is -2.32. The van der Waals surface area contributed by atoms with Gasteiger partial charge in [-0.25, -0.2) is 14.8 Å². The molecule has 0 spiro atoms. The Hall–Kier alpha value is -2.93. The number of anilines is 1. The summed E-state index contributed by atoms with van der Waals surface area (Å²) in [6.45, 7) is 4.01. The van der Waals surface area contributed by atoms with Gasteiger partial charge >= 0.3 is 5.97 Å². The number of hydrogen-bond donors (Lipinski definition) is 3. The SMILES string of the molecule is CCc1nc(N[C@@H](Cc2c[nH]c3ccccc23)C(=O)O)c2cc(C)sc2n1. The van der Waals surface area contributed by atoms with Gasteiger partial charge in [0.05, 0.1) is 5.39 Å². The second-order valence-electron chi connectivity index (χ2n) is 6.52. The van der Waals surface area contributed by atoms with Gasteiger partial charge in [-0.3, -0.25) is 0 Å². The number of aromatic nitrogens is 3. The Labute approximate surface area is 160 Å². The zero-order valence-corrected chi connectivity index (χ0v) is 15.9. The number of aryl methyl sites for hydroxylation is 2. The summed E-state index contributed by atoms with van der Waals surface area (Å²) in [6, 6.07) is 9.12. The predicted molar refractivity (Wildman–Crippen MR) is 109 cm³/mol. The van der Waals surface area contributed by atoms with Gasteiger partial charge in [-0.15, -0.1) is 11.3 Å². The molecule has 0 aliphatic rings. The molecule has 1 aromatic carbocycles. The van der Waals surface area contributed by atoms with Crippen LogP contribution in [-0.4, -0.2) is 32.1 Å². The number of aromatic amines is 1. The van der Waals surface area contributed by atoms with Crippen molar-refractivity contribution in [3.63, 3.8) is 0 Å². The number of nitrogens with one attached hydrogen (secondary N) is 2. The molecule has 0 saturated carbocycles. The number of carboxylic acids is 1. The van der Waals surface area contributed by atoms with Crippen molar-refractivity contribution < 1.29 is 9.90 Å². The maximum absolute atomic E-state index is 11.9. The fourth-order valence-corrected chi connectivity index (χ4v) is 4.14. The average molecular weight is 380 g/mol. The highest BCUT2D eigenvalue weighted by Crippen LogP contribution is 2.29. The monoisotopic (exact) mass is 380 g/mol. The van der Waals surface area contributed by atoms with E-state index in [1.165, 1.54) is 0 Å². The molecule has 4 rings (SSSR count). The summed E-state index contributed by atoms with van der Waals surface area (Å²) in [5.41, 5.74) is 1.97. The summed E-state index contributed by atoms with van der Waals surface area (Å²) in [6.07, 6.45) is 2.93. The first-order valence-electron chi connectivity index (χ1n) is 8.86. The van der Waals surface area contributed by atoms with Gasteiger partial charge in [0, 0.05) is 34.8 Å². The Morgan fingerprint density at radius 1 is 1.30 bits per heavy atom. The van der Waals surface area contributed by atoms with Crippen molar-refractivity contribution in [1.82, 2.24) is 15.0 Å². The Morgan fingerprint density at radius 2 is 2.11 bits per heavy atom. The first kappa shape index (κ1) is 17.5. The van der Waals surface area contributed by atoms with Gasteiger partial charge in [0.1, 0.15) is 22.5 Å². The van der Waals surface area contributed by atoms with E-state index in [-0.39, 0.29) is 0 Å². The number of rotatable bonds is 6. The van der Waals surface area contributed by atoms with Crippen LogP contribution >= 0.6 is 11.3 Å². The minimum absolute atomic E-state index is 0.357. The third kappa shape index (κ3) is 3.38. The highest BCUT2D eigenvalue weighted by Gasteiger charge is 2.22. The first-order chi connectivity index (χ1) is 13.0. The molecule has 3 heterocycles. The van der Waals surface area contributed by atoms with Crippen LogP contribution < -0.4 is 5.32 Å². The van der Waals surface area contributed by atoms with Gasteiger partial charge in [-0.1, -0.05) is 25.1 Å². The molecule has 0 aliphatic heterocycles. The topological polar surface area (TPSA) is 90.9 Å². The van der Waals surface area contributed by atoms with Crippen LogP contribution in [0.15, 0.2) is 36.5 Å². The smallest absolute Gasteiger partial charge is 0.326 e. The minimum atomic E-state index is -0.906. The maximum Gasteiger partial charge on any atom is 0.326 e. The third-order valence-corrected chi connectivity index (χ3v) is 5.53. The number of carboxylic acid groups (broad SMARTS) is 1. The molecule has 3 aromatic heterocycles. The van der Waals surface area contributed by atoms with Crippen LogP contribution in [0.25, 0.3) is 21.1 Å². The van der Waals surface area contributed by atoms with Crippen LogP contribution in [0, 0.1) is 6.92 Å². The summed E-state index contributed by atoms with van der Waals surface area (Å²) >= 11 is 1.60. The molecule has 7 heteroatoms.